The summed E-state index contributed by atoms with van der Waals surface area (Å²) in [4.78, 5) is 49.9. The second-order valence-corrected chi connectivity index (χ2v) is 9.88. The van der Waals surface area contributed by atoms with E-state index in [1.807, 2.05) is 36.4 Å². The van der Waals surface area contributed by atoms with E-state index in [0.717, 1.165) is 11.1 Å². The molecule has 3 aliphatic rings. The van der Waals surface area contributed by atoms with E-state index in [1.165, 1.54) is 9.80 Å². The molecule has 38 heavy (non-hydrogen) atoms. The van der Waals surface area contributed by atoms with E-state index < -0.39 is 6.09 Å². The minimum absolute atomic E-state index is 0.0698. The van der Waals surface area contributed by atoms with Gasteiger partial charge in [-0.25, -0.2) is 4.79 Å². The van der Waals surface area contributed by atoms with Crippen molar-refractivity contribution in [2.75, 3.05) is 32.8 Å². The van der Waals surface area contributed by atoms with E-state index in [0.29, 0.717) is 56.1 Å². The summed E-state index contributed by atoms with van der Waals surface area (Å²) in [7, 11) is 0. The third kappa shape index (κ3) is 5.58. The summed E-state index contributed by atoms with van der Waals surface area (Å²) in [5.74, 6) is 0.987. The first kappa shape index (κ1) is 25.6. The fourth-order valence-corrected chi connectivity index (χ4v) is 5.42. The van der Waals surface area contributed by atoms with Gasteiger partial charge in [0.15, 0.2) is 0 Å². The van der Waals surface area contributed by atoms with Crippen LogP contribution in [0.4, 0.5) is 4.79 Å². The molecule has 3 heterocycles. The molecule has 2 saturated heterocycles. The van der Waals surface area contributed by atoms with Gasteiger partial charge in [0.1, 0.15) is 18.1 Å². The second kappa shape index (κ2) is 11.1. The van der Waals surface area contributed by atoms with Crippen molar-refractivity contribution in [1.29, 1.82) is 0 Å². The molecule has 2 aromatic carbocycles. The third-order valence-corrected chi connectivity index (χ3v) is 7.60. The largest absolute Gasteiger partial charge is 0.493 e. The predicted molar refractivity (Wildman–Crippen MR) is 136 cm³/mol. The highest BCUT2D eigenvalue weighted by Gasteiger charge is 2.31. The molecule has 0 unspecified atom stereocenters. The molecule has 4 amide bonds. The molecule has 2 atom stereocenters. The number of likely N-dealkylation sites (tertiary alicyclic amines) is 2. The standard InChI is InChI=1S/C28H31N3O7/c32-25-7-8-26(33)31(25)13-14-37-21-4-1-18(2-5-21)23-10-12-30(28(35)36)11-9-20(23)17-38-22-6-3-19-16-29-27(34)24(19)15-22/h1-6,15,20,23H,7-14,16-17H2,(H,29,34)(H,35,36)/t20-,23+/m1/s1. The first-order valence-corrected chi connectivity index (χ1v) is 13.0. The Bertz CT molecular complexity index is 1210. The van der Waals surface area contributed by atoms with E-state index in [2.05, 4.69) is 5.32 Å². The smallest absolute Gasteiger partial charge is 0.407 e. The van der Waals surface area contributed by atoms with Gasteiger partial charge in [0, 0.05) is 44.0 Å². The summed E-state index contributed by atoms with van der Waals surface area (Å²) in [6.07, 6.45) is 0.917. The maximum Gasteiger partial charge on any atom is 0.407 e. The molecule has 0 aromatic heterocycles. The van der Waals surface area contributed by atoms with Gasteiger partial charge in [-0.3, -0.25) is 19.3 Å². The van der Waals surface area contributed by atoms with Crippen LogP contribution in [0.5, 0.6) is 11.5 Å². The van der Waals surface area contributed by atoms with Crippen LogP contribution in [0.25, 0.3) is 0 Å². The van der Waals surface area contributed by atoms with Gasteiger partial charge in [-0.15, -0.1) is 0 Å². The fourth-order valence-electron chi connectivity index (χ4n) is 5.42. The van der Waals surface area contributed by atoms with Crippen molar-refractivity contribution in [2.24, 2.45) is 5.92 Å². The maximum atomic E-state index is 12.0. The molecule has 0 saturated carbocycles. The quantitative estimate of drug-likeness (QED) is 0.512. The van der Waals surface area contributed by atoms with Gasteiger partial charge >= 0.3 is 6.09 Å². The number of hydrogen-bond acceptors (Lipinski definition) is 6. The van der Waals surface area contributed by atoms with E-state index >= 15 is 0 Å². The van der Waals surface area contributed by atoms with Crippen molar-refractivity contribution >= 4 is 23.8 Å². The summed E-state index contributed by atoms with van der Waals surface area (Å²) in [6, 6.07) is 13.2. The number of fused-ring (bicyclic) bond motifs is 1. The molecule has 0 radical (unpaired) electrons. The Morgan fingerprint density at radius 1 is 0.947 bits per heavy atom. The van der Waals surface area contributed by atoms with Crippen LogP contribution in [0.1, 0.15) is 53.1 Å². The Kier molecular flexibility index (Phi) is 7.48. The number of nitrogens with one attached hydrogen (secondary N) is 1. The fraction of sp³-hybridized carbons (Fsp3) is 0.429. The number of benzene rings is 2. The number of hydrogen-bond donors (Lipinski definition) is 2. The molecular weight excluding hydrogens is 490 g/mol. The number of ether oxygens (including phenoxy) is 2. The number of rotatable bonds is 8. The summed E-state index contributed by atoms with van der Waals surface area (Å²) >= 11 is 0. The van der Waals surface area contributed by atoms with Crippen molar-refractivity contribution < 1.29 is 33.8 Å². The van der Waals surface area contributed by atoms with E-state index in [4.69, 9.17) is 9.47 Å². The zero-order chi connectivity index (χ0) is 26.6. The van der Waals surface area contributed by atoms with Gasteiger partial charge in [-0.1, -0.05) is 18.2 Å². The maximum absolute atomic E-state index is 12.0. The monoisotopic (exact) mass is 521 g/mol. The van der Waals surface area contributed by atoms with Crippen LogP contribution in [0.2, 0.25) is 0 Å². The molecule has 200 valence electrons. The van der Waals surface area contributed by atoms with Crippen molar-refractivity contribution in [3.05, 3.63) is 59.2 Å². The molecule has 0 aliphatic carbocycles. The lowest BCUT2D eigenvalue weighted by atomic mass is 9.83. The van der Waals surface area contributed by atoms with Crippen LogP contribution < -0.4 is 14.8 Å². The minimum Gasteiger partial charge on any atom is -0.493 e. The highest BCUT2D eigenvalue weighted by molar-refractivity contribution is 6.01. The Morgan fingerprint density at radius 2 is 1.66 bits per heavy atom. The highest BCUT2D eigenvalue weighted by Crippen LogP contribution is 2.35. The van der Waals surface area contributed by atoms with Gasteiger partial charge in [0.25, 0.3) is 5.91 Å². The molecule has 2 aromatic rings. The van der Waals surface area contributed by atoms with Crippen LogP contribution in [-0.4, -0.2) is 71.6 Å². The van der Waals surface area contributed by atoms with Crippen LogP contribution in [0.3, 0.4) is 0 Å². The molecular formula is C28H31N3O7. The Morgan fingerprint density at radius 3 is 2.39 bits per heavy atom. The zero-order valence-corrected chi connectivity index (χ0v) is 21.1. The summed E-state index contributed by atoms with van der Waals surface area (Å²) < 4.78 is 11.9. The Hall–Kier alpha value is -4.08. The number of nitrogens with zero attached hydrogens (tertiary/aromatic N) is 2. The third-order valence-electron chi connectivity index (χ3n) is 7.60. The van der Waals surface area contributed by atoms with E-state index in [9.17, 15) is 24.3 Å². The SMILES string of the molecule is O=C1NCc2ccc(OC[C@H]3CCN(C(=O)O)CC[C@H]3c3ccc(OCCN4C(=O)CCC4=O)cc3)cc21. The van der Waals surface area contributed by atoms with Crippen LogP contribution in [-0.2, 0) is 16.1 Å². The average molecular weight is 522 g/mol. The number of carbonyl (C=O) groups is 4. The molecule has 10 heteroatoms. The van der Waals surface area contributed by atoms with Crippen molar-refractivity contribution in [3.63, 3.8) is 0 Å². The van der Waals surface area contributed by atoms with Gasteiger partial charge in [0.2, 0.25) is 11.8 Å². The lowest BCUT2D eigenvalue weighted by Crippen LogP contribution is -2.33. The van der Waals surface area contributed by atoms with E-state index in [-0.39, 0.29) is 55.6 Å². The first-order chi connectivity index (χ1) is 18.4. The number of carbonyl (C=O) groups excluding carboxylic acids is 3. The molecule has 10 nitrogen and oxygen atoms in total. The van der Waals surface area contributed by atoms with Crippen LogP contribution in [0.15, 0.2) is 42.5 Å². The Balaban J connectivity index is 1.24. The second-order valence-electron chi connectivity index (χ2n) is 9.88. The van der Waals surface area contributed by atoms with Gasteiger partial charge < -0.3 is 24.8 Å². The topological polar surface area (TPSA) is 125 Å². The zero-order valence-electron chi connectivity index (χ0n) is 21.1. The number of carboxylic acid groups (broad SMARTS) is 1. The van der Waals surface area contributed by atoms with Crippen LogP contribution in [0, 0.1) is 5.92 Å². The molecule has 5 rings (SSSR count). The van der Waals surface area contributed by atoms with Gasteiger partial charge in [0.05, 0.1) is 13.2 Å². The molecule has 2 N–H and O–H groups in total. The molecule has 2 fully saturated rings. The summed E-state index contributed by atoms with van der Waals surface area (Å²) in [6.45, 7) is 2.25. The van der Waals surface area contributed by atoms with Crippen molar-refractivity contribution in [2.45, 2.75) is 38.1 Å². The predicted octanol–water partition coefficient (Wildman–Crippen LogP) is 3.01. The van der Waals surface area contributed by atoms with Gasteiger partial charge in [-0.05, 0) is 54.2 Å². The van der Waals surface area contributed by atoms with Gasteiger partial charge in [-0.2, -0.15) is 0 Å². The lowest BCUT2D eigenvalue weighted by Gasteiger charge is -2.25. The summed E-state index contributed by atoms with van der Waals surface area (Å²) in [5.41, 5.74) is 2.65. The first-order valence-electron chi connectivity index (χ1n) is 13.0. The average Bonchev–Trinajstić information content (AvgIpc) is 3.34. The van der Waals surface area contributed by atoms with Crippen LogP contribution >= 0.6 is 0 Å². The van der Waals surface area contributed by atoms with Crippen molar-refractivity contribution in [3.8, 4) is 11.5 Å². The highest BCUT2D eigenvalue weighted by atomic mass is 16.5. The Labute approximate surface area is 220 Å². The lowest BCUT2D eigenvalue weighted by molar-refractivity contribution is -0.138. The minimum atomic E-state index is -0.923. The number of amides is 4. The molecule has 0 spiro atoms. The molecule has 0 bridgehead atoms. The molecule has 3 aliphatic heterocycles. The van der Waals surface area contributed by atoms with Crippen molar-refractivity contribution in [1.82, 2.24) is 15.1 Å². The number of imide groups is 1. The summed E-state index contributed by atoms with van der Waals surface area (Å²) in [5, 5.41) is 12.4. The van der Waals surface area contributed by atoms with E-state index in [1.54, 1.807) is 6.07 Å². The normalized spacial score (nSPS) is 21.2.